The highest BCUT2D eigenvalue weighted by Crippen LogP contribution is 2.32. The van der Waals surface area contributed by atoms with Gasteiger partial charge in [0, 0.05) is 12.5 Å². The van der Waals surface area contributed by atoms with Gasteiger partial charge in [-0.25, -0.2) is 4.39 Å². The Kier molecular flexibility index (Phi) is 9.15. The number of ether oxygens (including phenoxy) is 3. The Morgan fingerprint density at radius 2 is 1.45 bits per heavy atom. The maximum Gasteiger partial charge on any atom is 0.306 e. The summed E-state index contributed by atoms with van der Waals surface area (Å²) in [5.41, 5.74) is 7.10. The molecule has 0 spiro atoms. The van der Waals surface area contributed by atoms with Crippen molar-refractivity contribution in [2.45, 2.75) is 46.8 Å². The van der Waals surface area contributed by atoms with Crippen LogP contribution in [0.2, 0.25) is 0 Å². The van der Waals surface area contributed by atoms with Gasteiger partial charge in [-0.3, -0.25) is 4.79 Å². The van der Waals surface area contributed by atoms with Gasteiger partial charge in [-0.05, 0) is 90.4 Å². The van der Waals surface area contributed by atoms with Crippen molar-refractivity contribution in [2.24, 2.45) is 0 Å². The van der Waals surface area contributed by atoms with Gasteiger partial charge in [0.2, 0.25) is 0 Å². The highest BCUT2D eigenvalue weighted by molar-refractivity contribution is 5.72. The van der Waals surface area contributed by atoms with E-state index >= 15 is 0 Å². The first-order valence-electron chi connectivity index (χ1n) is 12.9. The number of hydrogen-bond acceptors (Lipinski definition) is 4. The average Bonchev–Trinajstić information content (AvgIpc) is 2.91. The van der Waals surface area contributed by atoms with Crippen molar-refractivity contribution in [3.05, 3.63) is 119 Å². The lowest BCUT2D eigenvalue weighted by Gasteiger charge is -2.15. The van der Waals surface area contributed by atoms with Crippen molar-refractivity contribution >= 4 is 5.97 Å². The van der Waals surface area contributed by atoms with Gasteiger partial charge in [-0.2, -0.15) is 0 Å². The summed E-state index contributed by atoms with van der Waals surface area (Å²) in [4.78, 5) is 11.5. The van der Waals surface area contributed by atoms with Crippen LogP contribution >= 0.6 is 0 Å². The van der Waals surface area contributed by atoms with Crippen LogP contribution in [0.25, 0.3) is 11.1 Å². The van der Waals surface area contributed by atoms with Gasteiger partial charge >= 0.3 is 5.97 Å². The van der Waals surface area contributed by atoms with Crippen molar-refractivity contribution in [1.82, 2.24) is 0 Å². The van der Waals surface area contributed by atoms with E-state index in [0.717, 1.165) is 39.1 Å². The molecular weight excluding hydrogens is 479 g/mol. The van der Waals surface area contributed by atoms with Crippen LogP contribution in [0.15, 0.2) is 84.9 Å². The van der Waals surface area contributed by atoms with Crippen molar-refractivity contribution in [3.8, 4) is 22.6 Å². The second kappa shape index (κ2) is 12.9. The second-order valence-electron chi connectivity index (χ2n) is 9.25. The Bertz CT molecular complexity index is 1360. The fourth-order valence-electron chi connectivity index (χ4n) is 4.48. The molecule has 0 bridgehead atoms. The average molecular weight is 513 g/mol. The van der Waals surface area contributed by atoms with Crippen LogP contribution in [-0.4, -0.2) is 12.6 Å². The summed E-state index contributed by atoms with van der Waals surface area (Å²) >= 11 is 0. The van der Waals surface area contributed by atoms with Gasteiger partial charge in [0.15, 0.2) is 0 Å². The van der Waals surface area contributed by atoms with Gasteiger partial charge in [-0.15, -0.1) is 0 Å². The third-order valence-electron chi connectivity index (χ3n) is 6.30. The smallest absolute Gasteiger partial charge is 0.306 e. The molecule has 0 amide bonds. The maximum absolute atomic E-state index is 14.5. The van der Waals surface area contributed by atoms with Gasteiger partial charge in [0.1, 0.15) is 30.5 Å². The van der Waals surface area contributed by atoms with E-state index in [1.807, 2.05) is 30.3 Å². The van der Waals surface area contributed by atoms with Gasteiger partial charge in [0.25, 0.3) is 0 Å². The molecule has 0 fully saturated rings. The quantitative estimate of drug-likeness (QED) is 0.193. The monoisotopic (exact) mass is 512 g/mol. The predicted octanol–water partition coefficient (Wildman–Crippen LogP) is 7.76. The van der Waals surface area contributed by atoms with Crippen LogP contribution in [0.1, 0.15) is 41.2 Å². The van der Waals surface area contributed by atoms with Crippen molar-refractivity contribution < 1.29 is 23.4 Å². The highest BCUT2D eigenvalue weighted by atomic mass is 19.1. The van der Waals surface area contributed by atoms with Crippen molar-refractivity contribution in [3.63, 3.8) is 0 Å². The van der Waals surface area contributed by atoms with E-state index in [-0.39, 0.29) is 18.2 Å². The number of carbonyl (C=O) groups is 1. The van der Waals surface area contributed by atoms with E-state index in [1.165, 1.54) is 6.07 Å². The molecular formula is C33H33FO4. The molecule has 0 aliphatic rings. The topological polar surface area (TPSA) is 44.8 Å². The Balaban J connectivity index is 1.40. The molecule has 4 aromatic rings. The summed E-state index contributed by atoms with van der Waals surface area (Å²) in [6.07, 6.45) is 0.443. The molecule has 38 heavy (non-hydrogen) atoms. The van der Waals surface area contributed by atoms with Crippen LogP contribution in [0.3, 0.4) is 0 Å². The number of benzene rings is 4. The summed E-state index contributed by atoms with van der Waals surface area (Å²) in [6, 6.07) is 27.2. The van der Waals surface area contributed by atoms with Crippen LogP contribution in [0, 0.1) is 19.7 Å². The molecule has 0 unspecified atom stereocenters. The zero-order chi connectivity index (χ0) is 26.9. The first-order chi connectivity index (χ1) is 18.4. The van der Waals surface area contributed by atoms with Crippen molar-refractivity contribution in [1.29, 1.82) is 0 Å². The summed E-state index contributed by atoms with van der Waals surface area (Å²) in [6.45, 7) is 7.09. The molecule has 0 aliphatic carbocycles. The Morgan fingerprint density at radius 3 is 2.16 bits per heavy atom. The third-order valence-corrected chi connectivity index (χ3v) is 6.30. The number of aryl methyl sites for hydroxylation is 3. The van der Waals surface area contributed by atoms with E-state index < -0.39 is 0 Å². The van der Waals surface area contributed by atoms with Crippen LogP contribution in [0.5, 0.6) is 11.5 Å². The number of rotatable bonds is 11. The zero-order valence-electron chi connectivity index (χ0n) is 22.1. The van der Waals surface area contributed by atoms with Crippen LogP contribution in [-0.2, 0) is 29.2 Å². The summed E-state index contributed by atoms with van der Waals surface area (Å²) < 4.78 is 31.4. The van der Waals surface area contributed by atoms with E-state index in [0.29, 0.717) is 37.6 Å². The first kappa shape index (κ1) is 26.9. The molecule has 0 radical (unpaired) electrons. The number of halogens is 1. The van der Waals surface area contributed by atoms with Gasteiger partial charge < -0.3 is 14.2 Å². The molecule has 0 N–H and O–H groups in total. The molecule has 0 aromatic heterocycles. The standard InChI is InChI=1S/C33H33FO4/c1-4-36-32(35)16-14-27-13-15-29(20-31(27)34)37-22-26-11-8-12-28(19-26)33-23(2)17-30(18-24(33)3)38-21-25-9-6-5-7-10-25/h5-13,15,17-20H,4,14,16,21-22H2,1-3H3. The van der Waals surface area contributed by atoms with Gasteiger partial charge in [-0.1, -0.05) is 54.6 Å². The van der Waals surface area contributed by atoms with E-state index in [1.54, 1.807) is 19.1 Å². The summed E-state index contributed by atoms with van der Waals surface area (Å²) in [5.74, 6) is 0.577. The lowest BCUT2D eigenvalue weighted by molar-refractivity contribution is -0.143. The minimum atomic E-state index is -0.388. The minimum Gasteiger partial charge on any atom is -0.489 e. The number of esters is 1. The van der Waals surface area contributed by atoms with Crippen LogP contribution in [0.4, 0.5) is 4.39 Å². The molecule has 4 rings (SSSR count). The fourth-order valence-corrected chi connectivity index (χ4v) is 4.48. The molecule has 0 heterocycles. The molecule has 0 saturated carbocycles. The molecule has 5 heteroatoms. The maximum atomic E-state index is 14.5. The molecule has 4 nitrogen and oxygen atoms in total. The Morgan fingerprint density at radius 1 is 0.763 bits per heavy atom. The van der Waals surface area contributed by atoms with E-state index in [4.69, 9.17) is 14.2 Å². The van der Waals surface area contributed by atoms with Gasteiger partial charge in [0.05, 0.1) is 6.61 Å². The lowest BCUT2D eigenvalue weighted by Crippen LogP contribution is -2.06. The highest BCUT2D eigenvalue weighted by Gasteiger charge is 2.11. The van der Waals surface area contributed by atoms with Crippen molar-refractivity contribution in [2.75, 3.05) is 6.61 Å². The lowest BCUT2D eigenvalue weighted by atomic mass is 9.94. The zero-order valence-corrected chi connectivity index (χ0v) is 22.1. The molecule has 0 aliphatic heterocycles. The van der Waals surface area contributed by atoms with E-state index in [9.17, 15) is 9.18 Å². The normalized spacial score (nSPS) is 10.7. The predicted molar refractivity (Wildman–Crippen MR) is 148 cm³/mol. The van der Waals surface area contributed by atoms with E-state index in [2.05, 4.69) is 50.2 Å². The van der Waals surface area contributed by atoms with Crippen LogP contribution < -0.4 is 9.47 Å². The molecule has 4 aromatic carbocycles. The number of hydrogen-bond donors (Lipinski definition) is 0. The Labute approximate surface area is 224 Å². The third kappa shape index (κ3) is 7.22. The molecule has 0 saturated heterocycles. The largest absolute Gasteiger partial charge is 0.489 e. The minimum absolute atomic E-state index is 0.150. The SMILES string of the molecule is CCOC(=O)CCc1ccc(OCc2cccc(-c3c(C)cc(OCc4ccccc4)cc3C)c2)cc1F. The molecule has 196 valence electrons. The first-order valence-corrected chi connectivity index (χ1v) is 12.9. The summed E-state index contributed by atoms with van der Waals surface area (Å²) in [7, 11) is 0. The number of carbonyl (C=O) groups excluding carboxylic acids is 1. The second-order valence-corrected chi connectivity index (χ2v) is 9.25. The molecule has 0 atom stereocenters. The fraction of sp³-hybridized carbons (Fsp3) is 0.242. The Hall–Kier alpha value is -4.12. The summed E-state index contributed by atoms with van der Waals surface area (Å²) in [5, 5.41) is 0.